The molecule has 15 heteroatoms. The van der Waals surface area contributed by atoms with E-state index in [2.05, 4.69) is 25.8 Å². The first kappa shape index (κ1) is 29.8. The molecule has 2 aliphatic rings. The van der Waals surface area contributed by atoms with E-state index < -0.39 is 17.9 Å². The molecule has 0 unspecified atom stereocenters. The van der Waals surface area contributed by atoms with Crippen LogP contribution in [0.15, 0.2) is 47.4 Å². The van der Waals surface area contributed by atoms with Crippen LogP contribution in [0.4, 0.5) is 16.4 Å². The number of aliphatic hydroxyl groups excluding tert-OH is 1. The minimum Gasteiger partial charge on any atom is -0.486 e. The number of benzene rings is 1. The van der Waals surface area contributed by atoms with Crippen molar-refractivity contribution in [2.45, 2.75) is 44.4 Å². The molecule has 1 amide bonds. The number of anilines is 2. The Balaban J connectivity index is 0.000000682. The second-order valence-electron chi connectivity index (χ2n) is 10.00. The van der Waals surface area contributed by atoms with Gasteiger partial charge in [0.15, 0.2) is 11.5 Å². The molecule has 1 aliphatic carbocycles. The molecule has 15 nitrogen and oxygen atoms in total. The van der Waals surface area contributed by atoms with Crippen LogP contribution in [-0.2, 0) is 17.4 Å². The van der Waals surface area contributed by atoms with Gasteiger partial charge in [-0.2, -0.15) is 0 Å². The second-order valence-corrected chi connectivity index (χ2v) is 10.00. The van der Waals surface area contributed by atoms with Crippen molar-refractivity contribution in [2.24, 2.45) is 5.73 Å². The summed E-state index contributed by atoms with van der Waals surface area (Å²) in [5.41, 5.74) is 6.15. The van der Waals surface area contributed by atoms with Gasteiger partial charge in [0.25, 0.3) is 0 Å². The smallest absolute Gasteiger partial charge is 0.404 e. The highest BCUT2D eigenvalue weighted by Crippen LogP contribution is 2.35. The first-order valence-corrected chi connectivity index (χ1v) is 13.5. The van der Waals surface area contributed by atoms with E-state index in [4.69, 9.17) is 9.47 Å². The molecule has 1 aliphatic heterocycles. The predicted molar refractivity (Wildman–Crippen MR) is 153 cm³/mol. The summed E-state index contributed by atoms with van der Waals surface area (Å²) in [6.07, 6.45) is 0.596. The Morgan fingerprint density at radius 3 is 2.42 bits per heavy atom. The highest BCUT2D eigenvalue weighted by atomic mass is 16.7. The summed E-state index contributed by atoms with van der Waals surface area (Å²) in [7, 11) is 1.22. The van der Waals surface area contributed by atoms with Crippen LogP contribution in [0, 0.1) is 0 Å². The Morgan fingerprint density at radius 1 is 1.07 bits per heavy atom. The maximum absolute atomic E-state index is 13.1. The third kappa shape index (κ3) is 6.39. The molecule has 1 saturated carbocycles. The number of hydrogen-bond acceptors (Lipinski definition) is 12. The number of aromatic nitrogens is 4. The number of primary amides is 1. The van der Waals surface area contributed by atoms with Gasteiger partial charge in [0.05, 0.1) is 36.6 Å². The van der Waals surface area contributed by atoms with E-state index in [9.17, 15) is 30.0 Å². The van der Waals surface area contributed by atoms with Gasteiger partial charge in [0, 0.05) is 17.7 Å². The maximum Gasteiger partial charge on any atom is 0.404 e. The van der Waals surface area contributed by atoms with Crippen molar-refractivity contribution in [3.63, 3.8) is 0 Å². The number of aliphatic hydroxyl groups is 4. The standard InChI is InChI=1S/C26H27N5O7.C2H5NO2/c32-14-15-9-18(16-5-6-21-22(11-16)38-8-7-37-21)28-24(10-15)29-23-12-19-20(13-27-23)31(26(34,35)36)25(33)30(19)17-3-1-2-4-17;1-5-2(3)4/h5-6,9-13,17,32,34-36H,1-4,7-8,14H2,(H,27,28,29);1H3,(H2,3,4). The van der Waals surface area contributed by atoms with Crippen molar-refractivity contribution >= 4 is 28.8 Å². The molecule has 0 spiro atoms. The average molecular weight is 597 g/mol. The van der Waals surface area contributed by atoms with Crippen molar-refractivity contribution in [1.29, 1.82) is 0 Å². The van der Waals surface area contributed by atoms with Crippen LogP contribution in [0.3, 0.4) is 0 Å². The summed E-state index contributed by atoms with van der Waals surface area (Å²) >= 11 is 0. The molecule has 4 aromatic rings. The Hall–Kier alpha value is -4.70. The highest BCUT2D eigenvalue weighted by Gasteiger charge is 2.32. The number of nitrogens with zero attached hydrogens (tertiary/aromatic N) is 4. The van der Waals surface area contributed by atoms with Crippen molar-refractivity contribution < 1.29 is 39.4 Å². The molecule has 0 bridgehead atoms. The Kier molecular flexibility index (Phi) is 8.50. The SMILES string of the molecule is COC(N)=O.O=c1n(C2CCCC2)c2cc(Nc3cc(CO)cc(-c4ccc5c(c4)OCCO5)n3)ncc2n1C(O)(O)O. The molecule has 1 aromatic carbocycles. The van der Waals surface area contributed by atoms with Crippen LogP contribution < -0.4 is 26.2 Å². The van der Waals surface area contributed by atoms with E-state index in [1.165, 1.54) is 17.9 Å². The van der Waals surface area contributed by atoms with E-state index >= 15 is 0 Å². The Labute approximate surface area is 244 Å². The topological polar surface area (TPSA) is 216 Å². The van der Waals surface area contributed by atoms with Gasteiger partial charge in [0.1, 0.15) is 24.8 Å². The van der Waals surface area contributed by atoms with Crippen LogP contribution >= 0.6 is 0 Å². The summed E-state index contributed by atoms with van der Waals surface area (Å²) in [4.78, 5) is 31.5. The Morgan fingerprint density at radius 2 is 1.77 bits per heavy atom. The first-order valence-electron chi connectivity index (χ1n) is 13.5. The summed E-state index contributed by atoms with van der Waals surface area (Å²) in [5.74, 6) is 2.03. The number of fused-ring (bicyclic) bond motifs is 2. The number of ether oxygens (including phenoxy) is 3. The number of carbonyl (C=O) groups is 1. The van der Waals surface area contributed by atoms with Gasteiger partial charge in [-0.05, 0) is 48.7 Å². The lowest BCUT2D eigenvalue weighted by Crippen LogP contribution is -2.41. The third-order valence-corrected chi connectivity index (χ3v) is 7.11. The second kappa shape index (κ2) is 12.3. The molecule has 1 fully saturated rings. The first-order chi connectivity index (χ1) is 20.6. The van der Waals surface area contributed by atoms with Crippen LogP contribution in [0.5, 0.6) is 11.5 Å². The van der Waals surface area contributed by atoms with Gasteiger partial charge in [0.2, 0.25) is 0 Å². The highest BCUT2D eigenvalue weighted by molar-refractivity contribution is 5.79. The zero-order valence-corrected chi connectivity index (χ0v) is 23.3. The number of carbonyl (C=O) groups excluding carboxylic acids is 1. The zero-order chi connectivity index (χ0) is 30.7. The molecule has 0 saturated heterocycles. The van der Waals surface area contributed by atoms with Crippen LogP contribution in [-0.4, -0.2) is 65.9 Å². The van der Waals surface area contributed by atoms with E-state index in [1.807, 2.05) is 18.2 Å². The fourth-order valence-electron chi connectivity index (χ4n) is 5.21. The summed E-state index contributed by atoms with van der Waals surface area (Å²) in [6, 6.07) is 10.4. The van der Waals surface area contributed by atoms with Gasteiger partial charge in [-0.25, -0.2) is 24.1 Å². The number of nitrogens with one attached hydrogen (secondary N) is 1. The normalized spacial score (nSPS) is 14.7. The lowest BCUT2D eigenvalue weighted by Gasteiger charge is -2.19. The number of methoxy groups -OCH3 is 1. The molecule has 3 aromatic heterocycles. The summed E-state index contributed by atoms with van der Waals surface area (Å²) in [5, 5.41) is 42.6. The molecular weight excluding hydrogens is 564 g/mol. The van der Waals surface area contributed by atoms with Crippen molar-refractivity contribution in [1.82, 2.24) is 19.1 Å². The molecule has 6 rings (SSSR count). The summed E-state index contributed by atoms with van der Waals surface area (Å²) < 4.78 is 17.2. The van der Waals surface area contributed by atoms with E-state index in [0.717, 1.165) is 31.2 Å². The van der Waals surface area contributed by atoms with Crippen LogP contribution in [0.2, 0.25) is 0 Å². The van der Waals surface area contributed by atoms with E-state index in [1.54, 1.807) is 18.2 Å². The van der Waals surface area contributed by atoms with Gasteiger partial charge < -0.3 is 45.7 Å². The minimum absolute atomic E-state index is 0.0778. The van der Waals surface area contributed by atoms with E-state index in [0.29, 0.717) is 57.7 Å². The Bertz CT molecular complexity index is 1690. The number of amides is 1. The average Bonchev–Trinajstić information content (AvgIpc) is 3.62. The van der Waals surface area contributed by atoms with Crippen molar-refractivity contribution in [3.8, 4) is 22.8 Å². The number of imidazole rings is 1. The van der Waals surface area contributed by atoms with Crippen molar-refractivity contribution in [2.75, 3.05) is 25.6 Å². The molecule has 43 heavy (non-hydrogen) atoms. The monoisotopic (exact) mass is 596 g/mol. The van der Waals surface area contributed by atoms with Gasteiger partial charge >= 0.3 is 17.9 Å². The minimum atomic E-state index is -3.37. The number of nitrogens with two attached hydrogens (primary N) is 1. The lowest BCUT2D eigenvalue weighted by molar-refractivity contribution is -0.374. The maximum atomic E-state index is 13.1. The fraction of sp³-hybridized carbons (Fsp3) is 0.357. The number of pyridine rings is 2. The van der Waals surface area contributed by atoms with Crippen LogP contribution in [0.1, 0.15) is 37.3 Å². The van der Waals surface area contributed by atoms with Gasteiger partial charge in [-0.3, -0.25) is 4.57 Å². The molecule has 4 heterocycles. The predicted octanol–water partition coefficient (Wildman–Crippen LogP) is 1.64. The molecule has 0 radical (unpaired) electrons. The molecule has 0 atom stereocenters. The summed E-state index contributed by atoms with van der Waals surface area (Å²) in [6.45, 7) is 0.736. The largest absolute Gasteiger partial charge is 0.486 e. The number of hydrogen-bond donors (Lipinski definition) is 6. The van der Waals surface area contributed by atoms with Gasteiger partial charge in [-0.1, -0.05) is 12.8 Å². The zero-order valence-electron chi connectivity index (χ0n) is 23.3. The fourth-order valence-corrected chi connectivity index (χ4v) is 5.21. The van der Waals surface area contributed by atoms with E-state index in [-0.39, 0.29) is 18.2 Å². The van der Waals surface area contributed by atoms with Crippen LogP contribution in [0.25, 0.3) is 22.3 Å². The molecule has 228 valence electrons. The lowest BCUT2D eigenvalue weighted by atomic mass is 10.1. The van der Waals surface area contributed by atoms with Gasteiger partial charge in [-0.15, -0.1) is 0 Å². The number of rotatable bonds is 6. The third-order valence-electron chi connectivity index (χ3n) is 7.11. The quantitative estimate of drug-likeness (QED) is 0.175. The molecule has 7 N–H and O–H groups in total. The molecular formula is C28H32N6O9. The van der Waals surface area contributed by atoms with Crippen molar-refractivity contribution in [3.05, 3.63) is 58.6 Å².